The number of rotatable bonds is 8. The van der Waals surface area contributed by atoms with Crippen LogP contribution >= 0.6 is 15.9 Å². The van der Waals surface area contributed by atoms with Crippen molar-refractivity contribution in [3.63, 3.8) is 0 Å². The maximum absolute atomic E-state index is 12.5. The molecule has 0 bridgehead atoms. The molecule has 3 rings (SSSR count). The number of halogens is 1. The smallest absolute Gasteiger partial charge is 0.245 e. The van der Waals surface area contributed by atoms with Gasteiger partial charge in [-0.25, -0.2) is 8.42 Å². The Bertz CT molecular complexity index is 1150. The number of benzene rings is 3. The maximum atomic E-state index is 12.5. The molecule has 0 spiro atoms. The summed E-state index contributed by atoms with van der Waals surface area (Å²) in [5.74, 6) is 0.230. The molecule has 0 aliphatic rings. The molecule has 8 heteroatoms. The Morgan fingerprint density at radius 2 is 1.71 bits per heavy atom. The monoisotopic (exact) mass is 502 g/mol. The van der Waals surface area contributed by atoms with Crippen molar-refractivity contribution in [2.24, 2.45) is 0 Å². The van der Waals surface area contributed by atoms with Gasteiger partial charge in [0.15, 0.2) is 0 Å². The summed E-state index contributed by atoms with van der Waals surface area (Å²) < 4.78 is 32.2. The van der Waals surface area contributed by atoms with Gasteiger partial charge < -0.3 is 10.1 Å². The first-order chi connectivity index (χ1) is 14.7. The zero-order valence-electron chi connectivity index (χ0n) is 17.2. The number of carbonyl (C=O) groups is 1. The fourth-order valence-electron chi connectivity index (χ4n) is 2.89. The molecule has 6 nitrogen and oxygen atoms in total. The van der Waals surface area contributed by atoms with Crippen LogP contribution < -0.4 is 14.4 Å². The van der Waals surface area contributed by atoms with Gasteiger partial charge >= 0.3 is 0 Å². The van der Waals surface area contributed by atoms with Crippen LogP contribution in [-0.4, -0.2) is 27.1 Å². The van der Waals surface area contributed by atoms with Crippen molar-refractivity contribution in [1.82, 2.24) is 0 Å². The van der Waals surface area contributed by atoms with Gasteiger partial charge in [-0.15, -0.1) is 0 Å². The van der Waals surface area contributed by atoms with Crippen molar-refractivity contribution in [3.05, 3.63) is 88.4 Å². The van der Waals surface area contributed by atoms with Crippen LogP contribution in [0.3, 0.4) is 0 Å². The largest absolute Gasteiger partial charge is 0.489 e. The van der Waals surface area contributed by atoms with Gasteiger partial charge in [-0.2, -0.15) is 0 Å². The normalized spacial score (nSPS) is 11.1. The highest BCUT2D eigenvalue weighted by molar-refractivity contribution is 9.10. The zero-order chi connectivity index (χ0) is 22.4. The number of carbonyl (C=O) groups excluding carboxylic acids is 1. The van der Waals surface area contributed by atoms with E-state index in [9.17, 15) is 13.2 Å². The molecule has 0 unspecified atom stereocenters. The molecule has 0 heterocycles. The molecule has 0 aliphatic carbocycles. The average Bonchev–Trinajstić information content (AvgIpc) is 2.73. The van der Waals surface area contributed by atoms with Crippen LogP contribution in [0.4, 0.5) is 11.4 Å². The molecule has 0 fully saturated rings. The molecule has 3 aromatic carbocycles. The van der Waals surface area contributed by atoms with Crippen LogP contribution in [0, 0.1) is 6.92 Å². The number of aryl methyl sites for hydroxylation is 1. The van der Waals surface area contributed by atoms with Gasteiger partial charge in [-0.1, -0.05) is 46.3 Å². The first-order valence-electron chi connectivity index (χ1n) is 9.53. The van der Waals surface area contributed by atoms with E-state index in [1.807, 2.05) is 37.3 Å². The Morgan fingerprint density at radius 3 is 2.32 bits per heavy atom. The lowest BCUT2D eigenvalue weighted by Gasteiger charge is -2.22. The van der Waals surface area contributed by atoms with Crippen molar-refractivity contribution < 1.29 is 17.9 Å². The second kappa shape index (κ2) is 9.98. The minimum absolute atomic E-state index is 0.327. The lowest BCUT2D eigenvalue weighted by atomic mass is 10.2. The van der Waals surface area contributed by atoms with Gasteiger partial charge in [0, 0.05) is 10.2 Å². The predicted octanol–water partition coefficient (Wildman–Crippen LogP) is 4.74. The number of hydrogen-bond donors (Lipinski definition) is 1. The van der Waals surface area contributed by atoms with Crippen LogP contribution in [0.25, 0.3) is 0 Å². The molecule has 162 valence electrons. The van der Waals surface area contributed by atoms with Crippen molar-refractivity contribution in [2.45, 2.75) is 13.5 Å². The second-order valence-electron chi connectivity index (χ2n) is 7.05. The fourth-order valence-corrected chi connectivity index (χ4v) is 3.99. The highest BCUT2D eigenvalue weighted by atomic mass is 79.9. The molecule has 31 heavy (non-hydrogen) atoms. The standard InChI is InChI=1S/C23H23BrN2O4S/c1-17-14-20(10-13-22(17)24)26(31(2,28)29)15-23(27)25-19-8-11-21(12-9-19)30-16-18-6-4-3-5-7-18/h3-14H,15-16H2,1-2H3,(H,25,27). The van der Waals surface area contributed by atoms with E-state index in [1.54, 1.807) is 42.5 Å². The zero-order valence-corrected chi connectivity index (χ0v) is 19.6. The summed E-state index contributed by atoms with van der Waals surface area (Å²) in [5.41, 5.74) is 2.92. The van der Waals surface area contributed by atoms with Crippen LogP contribution in [0.2, 0.25) is 0 Å². The lowest BCUT2D eigenvalue weighted by molar-refractivity contribution is -0.114. The molecule has 0 saturated heterocycles. The lowest BCUT2D eigenvalue weighted by Crippen LogP contribution is -2.37. The van der Waals surface area contributed by atoms with Gasteiger partial charge in [0.05, 0.1) is 11.9 Å². The van der Waals surface area contributed by atoms with E-state index in [0.717, 1.165) is 26.2 Å². The number of amides is 1. The Labute approximate surface area is 191 Å². The molecule has 0 aromatic heterocycles. The summed E-state index contributed by atoms with van der Waals surface area (Å²) in [5, 5.41) is 2.73. The number of anilines is 2. The maximum Gasteiger partial charge on any atom is 0.245 e. The summed E-state index contributed by atoms with van der Waals surface area (Å²) in [6.45, 7) is 1.98. The molecule has 1 N–H and O–H groups in total. The van der Waals surface area contributed by atoms with Crippen LogP contribution in [0.1, 0.15) is 11.1 Å². The molecule has 3 aromatic rings. The SMILES string of the molecule is Cc1cc(N(CC(=O)Nc2ccc(OCc3ccccc3)cc2)S(C)(=O)=O)ccc1Br. The van der Waals surface area contributed by atoms with Crippen LogP contribution in [0.15, 0.2) is 77.3 Å². The third-order valence-electron chi connectivity index (χ3n) is 4.50. The minimum Gasteiger partial charge on any atom is -0.489 e. The highest BCUT2D eigenvalue weighted by Crippen LogP contribution is 2.25. The van der Waals surface area contributed by atoms with Crippen molar-refractivity contribution in [2.75, 3.05) is 22.4 Å². The summed E-state index contributed by atoms with van der Waals surface area (Å²) >= 11 is 3.40. The second-order valence-corrected chi connectivity index (χ2v) is 9.81. The van der Waals surface area contributed by atoms with Crippen molar-refractivity contribution in [3.8, 4) is 5.75 Å². The summed E-state index contributed by atoms with van der Waals surface area (Å²) in [6.07, 6.45) is 1.08. The van der Waals surface area contributed by atoms with E-state index in [4.69, 9.17) is 4.74 Å². The Kier molecular flexibility index (Phi) is 7.35. The average molecular weight is 503 g/mol. The van der Waals surface area contributed by atoms with Crippen LogP contribution in [-0.2, 0) is 21.4 Å². The first-order valence-corrected chi connectivity index (χ1v) is 12.2. The van der Waals surface area contributed by atoms with Gasteiger partial charge in [0.2, 0.25) is 15.9 Å². The molecule has 0 radical (unpaired) electrons. The Balaban J connectivity index is 1.63. The minimum atomic E-state index is -3.64. The number of nitrogens with one attached hydrogen (secondary N) is 1. The van der Waals surface area contributed by atoms with Crippen molar-refractivity contribution in [1.29, 1.82) is 0 Å². The van der Waals surface area contributed by atoms with E-state index < -0.39 is 15.9 Å². The Hall–Kier alpha value is -2.84. The molecular formula is C23H23BrN2O4S. The molecule has 0 atom stereocenters. The summed E-state index contributed by atoms with van der Waals surface area (Å²) in [4.78, 5) is 12.5. The summed E-state index contributed by atoms with van der Waals surface area (Å²) in [6, 6.07) is 21.9. The quantitative estimate of drug-likeness (QED) is 0.482. The van der Waals surface area contributed by atoms with E-state index in [1.165, 1.54) is 0 Å². The van der Waals surface area contributed by atoms with E-state index in [0.29, 0.717) is 23.7 Å². The summed E-state index contributed by atoms with van der Waals surface area (Å²) in [7, 11) is -3.64. The topological polar surface area (TPSA) is 75.7 Å². The van der Waals surface area contributed by atoms with Gasteiger partial charge in [-0.05, 0) is 60.5 Å². The molecule has 0 aliphatic heterocycles. The van der Waals surface area contributed by atoms with Gasteiger partial charge in [0.25, 0.3) is 0 Å². The molecule has 0 saturated carbocycles. The number of sulfonamides is 1. The van der Waals surface area contributed by atoms with Crippen molar-refractivity contribution >= 4 is 43.2 Å². The van der Waals surface area contributed by atoms with E-state index in [2.05, 4.69) is 21.2 Å². The molecule has 1 amide bonds. The molecular weight excluding hydrogens is 480 g/mol. The third-order valence-corrected chi connectivity index (χ3v) is 6.53. The third kappa shape index (κ3) is 6.57. The van der Waals surface area contributed by atoms with E-state index in [-0.39, 0.29) is 6.54 Å². The Morgan fingerprint density at radius 1 is 1.03 bits per heavy atom. The predicted molar refractivity (Wildman–Crippen MR) is 127 cm³/mol. The van der Waals surface area contributed by atoms with Crippen LogP contribution in [0.5, 0.6) is 5.75 Å². The number of hydrogen-bond acceptors (Lipinski definition) is 4. The van der Waals surface area contributed by atoms with Gasteiger partial charge in [-0.3, -0.25) is 9.10 Å². The van der Waals surface area contributed by atoms with Gasteiger partial charge in [0.1, 0.15) is 18.9 Å². The first kappa shape index (κ1) is 22.8. The number of nitrogens with zero attached hydrogens (tertiary/aromatic N) is 1. The van der Waals surface area contributed by atoms with E-state index >= 15 is 0 Å². The fraction of sp³-hybridized carbons (Fsp3) is 0.174. The highest BCUT2D eigenvalue weighted by Gasteiger charge is 2.21. The number of ether oxygens (including phenoxy) is 1.